The van der Waals surface area contributed by atoms with Crippen LogP contribution in [0.2, 0.25) is 5.02 Å². The van der Waals surface area contributed by atoms with Crippen LogP contribution in [0.25, 0.3) is 0 Å². The molecule has 1 aromatic rings. The average molecular weight is 282 g/mol. The Morgan fingerprint density at radius 2 is 2.32 bits per heavy atom. The number of nitrogens with one attached hydrogen (secondary N) is 1. The van der Waals surface area contributed by atoms with Gasteiger partial charge in [-0.15, -0.1) is 0 Å². The summed E-state index contributed by atoms with van der Waals surface area (Å²) in [5.41, 5.74) is 0.232. The molecule has 0 radical (unpaired) electrons. The number of benzene rings is 1. The Bertz CT molecular complexity index is 403. The van der Waals surface area contributed by atoms with Crippen LogP contribution in [0.15, 0.2) is 24.3 Å². The molecule has 1 aliphatic rings. The molecule has 2 atom stereocenters. The third kappa shape index (κ3) is 3.50. The lowest BCUT2D eigenvalue weighted by atomic mass is 9.74. The van der Waals surface area contributed by atoms with E-state index < -0.39 is 5.60 Å². The van der Waals surface area contributed by atoms with Crippen LogP contribution < -0.4 is 5.32 Å². The van der Waals surface area contributed by atoms with Crippen LogP contribution in [0.4, 0.5) is 0 Å². The second-order valence-corrected chi connectivity index (χ2v) is 6.02. The van der Waals surface area contributed by atoms with Crippen molar-refractivity contribution in [3.8, 4) is 0 Å². The molecule has 2 N–H and O–H groups in total. The van der Waals surface area contributed by atoms with Crippen LogP contribution in [-0.2, 0) is 5.60 Å². The smallest absolute Gasteiger partial charge is 0.0937 e. The Labute approximate surface area is 121 Å². The summed E-state index contributed by atoms with van der Waals surface area (Å²) in [6, 6.07) is 7.73. The van der Waals surface area contributed by atoms with Gasteiger partial charge in [0.25, 0.3) is 0 Å². The molecule has 1 aromatic carbocycles. The molecule has 19 heavy (non-hydrogen) atoms. The standard InChI is InChI=1S/C16H24ClNO/c1-2-3-9-16(19,14-7-5-10-18-12-14)13-6-4-8-15(17)11-13/h4,6,8,11,14,18-19H,2-3,5,7,9-10,12H2,1H3/t14?,16-/m1/s1. The van der Waals surface area contributed by atoms with Crippen molar-refractivity contribution in [1.29, 1.82) is 0 Å². The summed E-state index contributed by atoms with van der Waals surface area (Å²) in [5.74, 6) is 0.284. The molecule has 3 heteroatoms. The molecule has 106 valence electrons. The van der Waals surface area contributed by atoms with Gasteiger partial charge in [-0.3, -0.25) is 0 Å². The first-order valence-corrected chi connectivity index (χ1v) is 7.73. The third-order valence-electron chi connectivity index (χ3n) is 4.21. The Morgan fingerprint density at radius 1 is 1.47 bits per heavy atom. The summed E-state index contributed by atoms with van der Waals surface area (Å²) in [6.07, 6.45) is 5.18. The fraction of sp³-hybridized carbons (Fsp3) is 0.625. The van der Waals surface area contributed by atoms with E-state index in [1.54, 1.807) is 0 Å². The molecule has 0 bridgehead atoms. The van der Waals surface area contributed by atoms with E-state index in [1.165, 1.54) is 0 Å². The zero-order chi connectivity index (χ0) is 13.7. The molecular weight excluding hydrogens is 258 g/mol. The van der Waals surface area contributed by atoms with Crippen molar-refractivity contribution < 1.29 is 5.11 Å². The van der Waals surface area contributed by atoms with E-state index in [2.05, 4.69) is 12.2 Å². The molecule has 0 aliphatic carbocycles. The van der Waals surface area contributed by atoms with E-state index in [0.717, 1.165) is 50.8 Å². The summed E-state index contributed by atoms with van der Waals surface area (Å²) in [6.45, 7) is 4.13. The molecule has 2 rings (SSSR count). The normalized spacial score (nSPS) is 23.0. The van der Waals surface area contributed by atoms with Gasteiger partial charge in [0.15, 0.2) is 0 Å². The average Bonchev–Trinajstić information content (AvgIpc) is 2.45. The Morgan fingerprint density at radius 3 is 2.95 bits per heavy atom. The monoisotopic (exact) mass is 281 g/mol. The maximum Gasteiger partial charge on any atom is 0.0937 e. The van der Waals surface area contributed by atoms with Crippen LogP contribution >= 0.6 is 11.6 Å². The van der Waals surface area contributed by atoms with Crippen molar-refractivity contribution >= 4 is 11.6 Å². The molecule has 1 fully saturated rings. The number of rotatable bonds is 5. The molecule has 2 nitrogen and oxygen atoms in total. The van der Waals surface area contributed by atoms with Crippen LogP contribution in [0.5, 0.6) is 0 Å². The highest BCUT2D eigenvalue weighted by molar-refractivity contribution is 6.30. The summed E-state index contributed by atoms with van der Waals surface area (Å²) >= 11 is 6.10. The van der Waals surface area contributed by atoms with E-state index in [-0.39, 0.29) is 5.92 Å². The highest BCUT2D eigenvalue weighted by atomic mass is 35.5. The minimum atomic E-state index is -0.742. The lowest BCUT2D eigenvalue weighted by molar-refractivity contribution is -0.0423. The number of hydrogen-bond acceptors (Lipinski definition) is 2. The van der Waals surface area contributed by atoms with Gasteiger partial charge in [0.1, 0.15) is 0 Å². The van der Waals surface area contributed by atoms with Gasteiger partial charge in [0.2, 0.25) is 0 Å². The lowest BCUT2D eigenvalue weighted by Gasteiger charge is -2.39. The van der Waals surface area contributed by atoms with Gasteiger partial charge in [-0.05, 0) is 43.5 Å². The Balaban J connectivity index is 2.27. The predicted molar refractivity (Wildman–Crippen MR) is 80.5 cm³/mol. The van der Waals surface area contributed by atoms with E-state index in [0.29, 0.717) is 5.02 Å². The van der Waals surface area contributed by atoms with Crippen molar-refractivity contribution in [3.05, 3.63) is 34.9 Å². The van der Waals surface area contributed by atoms with Crippen LogP contribution in [0.1, 0.15) is 44.6 Å². The number of piperidine rings is 1. The highest BCUT2D eigenvalue weighted by Crippen LogP contribution is 2.38. The second-order valence-electron chi connectivity index (χ2n) is 5.58. The first kappa shape index (κ1) is 14.8. The number of hydrogen-bond donors (Lipinski definition) is 2. The predicted octanol–water partition coefficient (Wildman–Crippen LogP) is 3.72. The maximum atomic E-state index is 11.3. The molecule has 0 spiro atoms. The second kappa shape index (κ2) is 6.74. The van der Waals surface area contributed by atoms with Crippen molar-refractivity contribution in [1.82, 2.24) is 5.32 Å². The van der Waals surface area contributed by atoms with Gasteiger partial charge in [0, 0.05) is 17.5 Å². The van der Waals surface area contributed by atoms with Crippen LogP contribution in [0.3, 0.4) is 0 Å². The number of halogens is 1. The van der Waals surface area contributed by atoms with E-state index >= 15 is 0 Å². The fourth-order valence-electron chi connectivity index (χ4n) is 3.05. The van der Waals surface area contributed by atoms with Crippen molar-refractivity contribution in [2.45, 2.75) is 44.6 Å². The van der Waals surface area contributed by atoms with Gasteiger partial charge in [-0.2, -0.15) is 0 Å². The summed E-state index contributed by atoms with van der Waals surface area (Å²) in [4.78, 5) is 0. The zero-order valence-electron chi connectivity index (χ0n) is 11.7. The van der Waals surface area contributed by atoms with Gasteiger partial charge in [0.05, 0.1) is 5.60 Å². The summed E-state index contributed by atoms with van der Waals surface area (Å²) in [5, 5.41) is 15.4. The van der Waals surface area contributed by atoms with Gasteiger partial charge < -0.3 is 10.4 Å². The van der Waals surface area contributed by atoms with Crippen molar-refractivity contribution in [2.75, 3.05) is 13.1 Å². The Kier molecular flexibility index (Phi) is 5.26. The van der Waals surface area contributed by atoms with Gasteiger partial charge >= 0.3 is 0 Å². The van der Waals surface area contributed by atoms with Crippen LogP contribution in [-0.4, -0.2) is 18.2 Å². The number of aliphatic hydroxyl groups is 1. The molecule has 1 unspecified atom stereocenters. The van der Waals surface area contributed by atoms with E-state index in [1.807, 2.05) is 24.3 Å². The zero-order valence-corrected chi connectivity index (χ0v) is 12.4. The Hall–Kier alpha value is -0.570. The minimum Gasteiger partial charge on any atom is -0.385 e. The topological polar surface area (TPSA) is 32.3 Å². The van der Waals surface area contributed by atoms with E-state index in [4.69, 9.17) is 11.6 Å². The lowest BCUT2D eigenvalue weighted by Crippen LogP contribution is -2.44. The molecule has 0 amide bonds. The molecule has 0 saturated carbocycles. The summed E-state index contributed by atoms with van der Waals surface area (Å²) in [7, 11) is 0. The molecule has 1 heterocycles. The molecule has 1 aliphatic heterocycles. The third-order valence-corrected chi connectivity index (χ3v) is 4.44. The van der Waals surface area contributed by atoms with Gasteiger partial charge in [-0.1, -0.05) is 43.5 Å². The fourth-order valence-corrected chi connectivity index (χ4v) is 3.24. The van der Waals surface area contributed by atoms with Crippen molar-refractivity contribution in [3.63, 3.8) is 0 Å². The summed E-state index contributed by atoms with van der Waals surface area (Å²) < 4.78 is 0. The minimum absolute atomic E-state index is 0.284. The molecule has 0 aromatic heterocycles. The number of unbranched alkanes of at least 4 members (excludes halogenated alkanes) is 1. The largest absolute Gasteiger partial charge is 0.385 e. The van der Waals surface area contributed by atoms with Crippen LogP contribution in [0, 0.1) is 5.92 Å². The molecule has 1 saturated heterocycles. The van der Waals surface area contributed by atoms with Crippen molar-refractivity contribution in [2.24, 2.45) is 5.92 Å². The SMILES string of the molecule is CCCC[C@@](O)(c1cccc(Cl)c1)C1CCCNC1. The van der Waals surface area contributed by atoms with Gasteiger partial charge in [-0.25, -0.2) is 0 Å². The quantitative estimate of drug-likeness (QED) is 0.862. The first-order chi connectivity index (χ1) is 9.16. The highest BCUT2D eigenvalue weighted by Gasteiger charge is 2.38. The maximum absolute atomic E-state index is 11.3. The molecular formula is C16H24ClNO. The first-order valence-electron chi connectivity index (χ1n) is 7.36. The van der Waals surface area contributed by atoms with E-state index in [9.17, 15) is 5.11 Å².